The first-order valence-electron chi connectivity index (χ1n) is 10.6. The molecule has 2 unspecified atom stereocenters. The molecule has 10 nitrogen and oxygen atoms in total. The van der Waals surface area contributed by atoms with Gasteiger partial charge < -0.3 is 19.7 Å². The minimum absolute atomic E-state index is 0.00233. The van der Waals surface area contributed by atoms with E-state index in [-0.39, 0.29) is 23.5 Å². The molecule has 2 atom stereocenters. The minimum atomic E-state index is -0.870. The Hall–Kier alpha value is -3.79. The Morgan fingerprint density at radius 2 is 1.79 bits per heavy atom. The third-order valence-corrected chi connectivity index (χ3v) is 5.32. The van der Waals surface area contributed by atoms with E-state index in [0.29, 0.717) is 5.69 Å². The molecule has 3 heterocycles. The van der Waals surface area contributed by atoms with Gasteiger partial charge in [0.25, 0.3) is 17.7 Å². The van der Waals surface area contributed by atoms with Gasteiger partial charge in [-0.15, -0.1) is 0 Å². The lowest BCUT2D eigenvalue weighted by Gasteiger charge is -2.36. The van der Waals surface area contributed by atoms with Crippen LogP contribution in [0.3, 0.4) is 0 Å². The number of nitrogens with zero attached hydrogens (tertiary/aromatic N) is 3. The van der Waals surface area contributed by atoms with Crippen molar-refractivity contribution in [3.8, 4) is 0 Å². The van der Waals surface area contributed by atoms with Gasteiger partial charge in [-0.3, -0.25) is 29.1 Å². The smallest absolute Gasteiger partial charge is 0.326 e. The molecular weight excluding hydrogens is 428 g/mol. The van der Waals surface area contributed by atoms with Gasteiger partial charge in [0.1, 0.15) is 12.2 Å². The maximum absolute atomic E-state index is 12.3. The highest BCUT2D eigenvalue weighted by molar-refractivity contribution is 6.21. The quantitative estimate of drug-likeness (QED) is 0.517. The summed E-state index contributed by atoms with van der Waals surface area (Å²) in [5.41, 5.74) is 1.72. The number of imide groups is 1. The van der Waals surface area contributed by atoms with Crippen molar-refractivity contribution in [3.63, 3.8) is 0 Å². The van der Waals surface area contributed by atoms with E-state index in [9.17, 15) is 19.2 Å². The van der Waals surface area contributed by atoms with Gasteiger partial charge in [0.05, 0.1) is 17.8 Å². The molecule has 0 bridgehead atoms. The number of nitrogens with one attached hydrogen (secondary N) is 1. The SMILES string of the molecule is CC1CN(c2ccc(NC(=O)COC(=O)CN3C(=O)c4cccnc4C3=O)cc2)CC(C)O1. The van der Waals surface area contributed by atoms with Crippen molar-refractivity contribution in [2.75, 3.05) is 36.5 Å². The molecule has 10 heteroatoms. The Balaban J connectivity index is 1.25. The molecule has 4 rings (SSSR count). The van der Waals surface area contributed by atoms with E-state index in [0.717, 1.165) is 23.7 Å². The van der Waals surface area contributed by atoms with Crippen LogP contribution in [0.5, 0.6) is 0 Å². The Labute approximate surface area is 190 Å². The van der Waals surface area contributed by atoms with Crippen LogP contribution in [0.2, 0.25) is 0 Å². The predicted molar refractivity (Wildman–Crippen MR) is 118 cm³/mol. The minimum Gasteiger partial charge on any atom is -0.454 e. The summed E-state index contributed by atoms with van der Waals surface area (Å²) in [5.74, 6) is -2.69. The van der Waals surface area contributed by atoms with Gasteiger partial charge in [0.15, 0.2) is 6.61 Å². The number of carbonyl (C=O) groups excluding carboxylic acids is 4. The van der Waals surface area contributed by atoms with E-state index in [2.05, 4.69) is 15.2 Å². The maximum atomic E-state index is 12.3. The molecule has 1 saturated heterocycles. The Morgan fingerprint density at radius 3 is 2.45 bits per heavy atom. The van der Waals surface area contributed by atoms with Crippen molar-refractivity contribution < 1.29 is 28.7 Å². The van der Waals surface area contributed by atoms with Crippen LogP contribution in [0.15, 0.2) is 42.6 Å². The molecule has 3 amide bonds. The highest BCUT2D eigenvalue weighted by Gasteiger charge is 2.38. The van der Waals surface area contributed by atoms with Gasteiger partial charge in [-0.2, -0.15) is 0 Å². The summed E-state index contributed by atoms with van der Waals surface area (Å²) in [6.45, 7) is 4.50. The van der Waals surface area contributed by atoms with E-state index in [1.807, 2.05) is 26.0 Å². The molecule has 1 N–H and O–H groups in total. The van der Waals surface area contributed by atoms with Crippen LogP contribution in [-0.2, 0) is 19.1 Å². The third kappa shape index (κ3) is 5.01. The van der Waals surface area contributed by atoms with Crippen LogP contribution < -0.4 is 10.2 Å². The normalized spacial score (nSPS) is 19.9. The molecule has 2 aromatic rings. The molecule has 2 aliphatic heterocycles. The Bertz CT molecular complexity index is 1040. The molecule has 172 valence electrons. The van der Waals surface area contributed by atoms with E-state index in [1.165, 1.54) is 18.3 Å². The number of anilines is 2. The molecule has 1 aromatic heterocycles. The monoisotopic (exact) mass is 452 g/mol. The van der Waals surface area contributed by atoms with Crippen LogP contribution in [-0.4, -0.2) is 72.0 Å². The molecule has 1 aromatic carbocycles. The summed E-state index contributed by atoms with van der Waals surface area (Å²) in [5, 5.41) is 2.65. The lowest BCUT2D eigenvalue weighted by molar-refractivity contribution is -0.147. The number of benzene rings is 1. The van der Waals surface area contributed by atoms with E-state index < -0.39 is 36.8 Å². The summed E-state index contributed by atoms with van der Waals surface area (Å²) in [7, 11) is 0. The summed E-state index contributed by atoms with van der Waals surface area (Å²) in [4.78, 5) is 55.6. The molecule has 0 spiro atoms. The first-order valence-corrected chi connectivity index (χ1v) is 10.6. The lowest BCUT2D eigenvalue weighted by Crippen LogP contribution is -2.45. The van der Waals surface area contributed by atoms with Crippen molar-refractivity contribution >= 4 is 35.1 Å². The largest absolute Gasteiger partial charge is 0.454 e. The topological polar surface area (TPSA) is 118 Å². The van der Waals surface area contributed by atoms with E-state index in [4.69, 9.17) is 9.47 Å². The Kier molecular flexibility index (Phi) is 6.36. The van der Waals surface area contributed by atoms with Crippen molar-refractivity contribution in [3.05, 3.63) is 53.9 Å². The molecule has 0 aliphatic carbocycles. The van der Waals surface area contributed by atoms with Gasteiger partial charge in [0.2, 0.25) is 0 Å². The van der Waals surface area contributed by atoms with Gasteiger partial charge in [-0.05, 0) is 50.2 Å². The summed E-state index contributed by atoms with van der Waals surface area (Å²) in [6, 6.07) is 10.3. The highest BCUT2D eigenvalue weighted by atomic mass is 16.5. The molecular formula is C23H24N4O6. The first kappa shape index (κ1) is 22.4. The average molecular weight is 452 g/mol. The number of pyridine rings is 1. The maximum Gasteiger partial charge on any atom is 0.326 e. The summed E-state index contributed by atoms with van der Waals surface area (Å²) < 4.78 is 10.7. The number of rotatable bonds is 6. The Morgan fingerprint density at radius 1 is 1.09 bits per heavy atom. The molecule has 1 fully saturated rings. The standard InChI is InChI=1S/C23H24N4O6/c1-14-10-26(11-15(2)33-14)17-7-5-16(6-8-17)25-19(28)13-32-20(29)12-27-22(30)18-4-3-9-24-21(18)23(27)31/h3-9,14-15H,10-13H2,1-2H3,(H,25,28). The van der Waals surface area contributed by atoms with Crippen LogP contribution >= 0.6 is 0 Å². The lowest BCUT2D eigenvalue weighted by atomic mass is 10.2. The van der Waals surface area contributed by atoms with Gasteiger partial charge in [0, 0.05) is 30.7 Å². The number of aromatic nitrogens is 1. The van der Waals surface area contributed by atoms with Gasteiger partial charge in [-0.25, -0.2) is 0 Å². The molecule has 0 radical (unpaired) electrons. The summed E-state index contributed by atoms with van der Waals surface area (Å²) in [6.07, 6.45) is 1.67. The number of hydrogen-bond acceptors (Lipinski definition) is 8. The zero-order valence-electron chi connectivity index (χ0n) is 18.3. The second-order valence-electron chi connectivity index (χ2n) is 8.01. The second-order valence-corrected chi connectivity index (χ2v) is 8.01. The zero-order valence-corrected chi connectivity index (χ0v) is 18.3. The number of esters is 1. The van der Waals surface area contributed by atoms with Crippen LogP contribution in [0.1, 0.15) is 34.7 Å². The van der Waals surface area contributed by atoms with Crippen molar-refractivity contribution in [1.82, 2.24) is 9.88 Å². The number of morpholine rings is 1. The number of amides is 3. The van der Waals surface area contributed by atoms with Crippen molar-refractivity contribution in [1.29, 1.82) is 0 Å². The fourth-order valence-electron chi connectivity index (χ4n) is 3.92. The molecule has 2 aliphatic rings. The summed E-state index contributed by atoms with van der Waals surface area (Å²) >= 11 is 0. The van der Waals surface area contributed by atoms with E-state index in [1.54, 1.807) is 12.1 Å². The van der Waals surface area contributed by atoms with Crippen LogP contribution in [0.4, 0.5) is 11.4 Å². The third-order valence-electron chi connectivity index (χ3n) is 5.32. The van der Waals surface area contributed by atoms with Crippen molar-refractivity contribution in [2.24, 2.45) is 0 Å². The number of hydrogen-bond donors (Lipinski definition) is 1. The van der Waals surface area contributed by atoms with Crippen molar-refractivity contribution in [2.45, 2.75) is 26.1 Å². The number of fused-ring (bicyclic) bond motifs is 1. The number of ether oxygens (including phenoxy) is 2. The van der Waals surface area contributed by atoms with Gasteiger partial charge >= 0.3 is 5.97 Å². The molecule has 0 saturated carbocycles. The second kappa shape index (κ2) is 9.37. The number of carbonyl (C=O) groups is 4. The van der Waals surface area contributed by atoms with Crippen LogP contribution in [0, 0.1) is 0 Å². The first-order chi connectivity index (χ1) is 15.8. The van der Waals surface area contributed by atoms with Gasteiger partial charge in [-0.1, -0.05) is 0 Å². The fourth-order valence-corrected chi connectivity index (χ4v) is 3.92. The fraction of sp³-hybridized carbons (Fsp3) is 0.348. The zero-order chi connectivity index (χ0) is 23.5. The molecule has 33 heavy (non-hydrogen) atoms. The van der Waals surface area contributed by atoms with Crippen LogP contribution in [0.25, 0.3) is 0 Å². The van der Waals surface area contributed by atoms with E-state index >= 15 is 0 Å². The highest BCUT2D eigenvalue weighted by Crippen LogP contribution is 2.23. The average Bonchev–Trinajstić information content (AvgIpc) is 3.03. The predicted octanol–water partition coefficient (Wildman–Crippen LogP) is 1.47.